The highest BCUT2D eigenvalue weighted by molar-refractivity contribution is 6.00. The lowest BCUT2D eigenvalue weighted by Crippen LogP contribution is -2.36. The van der Waals surface area contributed by atoms with Crippen molar-refractivity contribution in [2.24, 2.45) is 0 Å². The average molecular weight is 319 g/mol. The van der Waals surface area contributed by atoms with Gasteiger partial charge in [0, 0.05) is 30.1 Å². The van der Waals surface area contributed by atoms with Crippen LogP contribution in [0.5, 0.6) is 5.75 Å². The van der Waals surface area contributed by atoms with Crippen LogP contribution >= 0.6 is 0 Å². The second-order valence-corrected chi connectivity index (χ2v) is 6.63. The van der Waals surface area contributed by atoms with E-state index in [1.54, 1.807) is 0 Å². The molecule has 4 heteroatoms. The number of aliphatic hydroxyl groups is 1. The number of benzene rings is 1. The summed E-state index contributed by atoms with van der Waals surface area (Å²) in [5.74, 6) is 0.940. The lowest BCUT2D eigenvalue weighted by Gasteiger charge is -2.23. The molecule has 2 rings (SSSR count). The maximum absolute atomic E-state index is 12.2. The number of carbonyl (C=O) groups excluding carboxylic acids is 1. The number of aryl methyl sites for hydroxylation is 1. The van der Waals surface area contributed by atoms with Crippen LogP contribution in [0.25, 0.3) is 0 Å². The first-order valence-electron chi connectivity index (χ1n) is 8.64. The molecule has 2 atom stereocenters. The normalized spacial score (nSPS) is 16.8. The molecule has 0 aliphatic heterocycles. The van der Waals surface area contributed by atoms with Gasteiger partial charge in [-0.25, -0.2) is 0 Å². The Morgan fingerprint density at radius 1 is 1.35 bits per heavy atom. The van der Waals surface area contributed by atoms with Crippen LogP contribution in [0.3, 0.4) is 0 Å². The minimum absolute atomic E-state index is 0.219. The smallest absolute Gasteiger partial charge is 0.163 e. The summed E-state index contributed by atoms with van der Waals surface area (Å²) in [5, 5.41) is 13.3. The number of hydrogen-bond acceptors (Lipinski definition) is 4. The Labute approximate surface area is 139 Å². The molecule has 128 valence electrons. The van der Waals surface area contributed by atoms with Crippen LogP contribution in [0, 0.1) is 13.8 Å². The number of ketones is 1. The summed E-state index contributed by atoms with van der Waals surface area (Å²) in [4.78, 5) is 12.2. The summed E-state index contributed by atoms with van der Waals surface area (Å²) in [5.41, 5.74) is 4.04. The second-order valence-electron chi connectivity index (χ2n) is 6.63. The molecule has 0 heterocycles. The van der Waals surface area contributed by atoms with Crippen molar-refractivity contribution in [3.63, 3.8) is 0 Å². The highest BCUT2D eigenvalue weighted by atomic mass is 16.5. The van der Waals surface area contributed by atoms with Crippen LogP contribution in [-0.4, -0.2) is 36.2 Å². The van der Waals surface area contributed by atoms with Crippen molar-refractivity contribution in [2.45, 2.75) is 65.5 Å². The molecule has 1 aliphatic rings. The standard InChI is InChI=1S/C19H29NO3/c1-5-13(3)20-10-15(21)11-23-18-9-12(2)16-7-6-8-17(22)19(16)14(18)4/h9,13,15,20-21H,5-8,10-11H2,1-4H3/t13-,15+/m0/s1. The highest BCUT2D eigenvalue weighted by Crippen LogP contribution is 2.33. The molecule has 1 aromatic rings. The van der Waals surface area contributed by atoms with Gasteiger partial charge in [0.15, 0.2) is 5.78 Å². The van der Waals surface area contributed by atoms with Gasteiger partial charge in [-0.1, -0.05) is 6.92 Å². The van der Waals surface area contributed by atoms with E-state index >= 15 is 0 Å². The van der Waals surface area contributed by atoms with Gasteiger partial charge >= 0.3 is 0 Å². The number of ether oxygens (including phenoxy) is 1. The van der Waals surface area contributed by atoms with Gasteiger partial charge in [0.1, 0.15) is 18.5 Å². The van der Waals surface area contributed by atoms with E-state index in [9.17, 15) is 9.90 Å². The topological polar surface area (TPSA) is 58.6 Å². The number of hydrogen-bond donors (Lipinski definition) is 2. The van der Waals surface area contributed by atoms with E-state index in [0.717, 1.165) is 41.7 Å². The molecule has 0 saturated heterocycles. The molecule has 0 unspecified atom stereocenters. The molecular weight excluding hydrogens is 290 g/mol. The maximum Gasteiger partial charge on any atom is 0.163 e. The Balaban J connectivity index is 2.05. The van der Waals surface area contributed by atoms with E-state index in [2.05, 4.69) is 19.2 Å². The number of Topliss-reactive ketones (excluding diaryl/α,β-unsaturated/α-hetero) is 1. The Hall–Kier alpha value is -1.39. The quantitative estimate of drug-likeness (QED) is 0.811. The van der Waals surface area contributed by atoms with Crippen LogP contribution in [0.4, 0.5) is 0 Å². The molecule has 2 N–H and O–H groups in total. The second kappa shape index (κ2) is 7.93. The van der Waals surface area contributed by atoms with Gasteiger partial charge in [0.05, 0.1) is 0 Å². The van der Waals surface area contributed by atoms with Gasteiger partial charge in [-0.05, 0) is 57.2 Å². The molecule has 0 amide bonds. The lowest BCUT2D eigenvalue weighted by atomic mass is 9.84. The lowest BCUT2D eigenvalue weighted by molar-refractivity contribution is 0.0967. The number of rotatable bonds is 7. The third-order valence-corrected chi connectivity index (χ3v) is 4.72. The van der Waals surface area contributed by atoms with Crippen molar-refractivity contribution in [2.75, 3.05) is 13.2 Å². The molecule has 0 fully saturated rings. The largest absolute Gasteiger partial charge is 0.491 e. The molecule has 0 radical (unpaired) electrons. The molecule has 0 bridgehead atoms. The van der Waals surface area contributed by atoms with Gasteiger partial charge in [-0.3, -0.25) is 4.79 Å². The summed E-state index contributed by atoms with van der Waals surface area (Å²) in [6.45, 7) is 8.92. The number of aliphatic hydroxyl groups excluding tert-OH is 1. The number of nitrogens with one attached hydrogen (secondary N) is 1. The predicted molar refractivity (Wildman–Crippen MR) is 92.4 cm³/mol. The summed E-state index contributed by atoms with van der Waals surface area (Å²) in [6.07, 6.45) is 2.99. The predicted octanol–water partition coefficient (Wildman–Crippen LogP) is 2.95. The van der Waals surface area contributed by atoms with Gasteiger partial charge in [0.25, 0.3) is 0 Å². The van der Waals surface area contributed by atoms with Gasteiger partial charge < -0.3 is 15.2 Å². The van der Waals surface area contributed by atoms with E-state index in [0.29, 0.717) is 19.0 Å². The van der Waals surface area contributed by atoms with Gasteiger partial charge in [-0.2, -0.15) is 0 Å². The van der Waals surface area contributed by atoms with Crippen molar-refractivity contribution in [1.82, 2.24) is 5.32 Å². The van der Waals surface area contributed by atoms with E-state index in [4.69, 9.17) is 4.74 Å². The van der Waals surface area contributed by atoms with Crippen molar-refractivity contribution in [3.8, 4) is 5.75 Å². The molecule has 23 heavy (non-hydrogen) atoms. The minimum Gasteiger partial charge on any atom is -0.491 e. The summed E-state index contributed by atoms with van der Waals surface area (Å²) >= 11 is 0. The Morgan fingerprint density at radius 3 is 2.78 bits per heavy atom. The van der Waals surface area contributed by atoms with E-state index in [1.165, 1.54) is 5.56 Å². The van der Waals surface area contributed by atoms with Crippen molar-refractivity contribution in [1.29, 1.82) is 0 Å². The molecule has 0 spiro atoms. The van der Waals surface area contributed by atoms with Gasteiger partial charge in [-0.15, -0.1) is 0 Å². The first kappa shape index (κ1) is 18.0. The molecule has 0 aromatic heterocycles. The van der Waals surface area contributed by atoms with Gasteiger partial charge in [0.2, 0.25) is 0 Å². The third kappa shape index (κ3) is 4.33. The Bertz CT molecular complexity index is 568. The molecule has 0 saturated carbocycles. The van der Waals surface area contributed by atoms with Crippen molar-refractivity contribution < 1.29 is 14.6 Å². The maximum atomic E-state index is 12.2. The average Bonchev–Trinajstić information content (AvgIpc) is 2.54. The third-order valence-electron chi connectivity index (χ3n) is 4.72. The molecule has 1 aromatic carbocycles. The summed E-state index contributed by atoms with van der Waals surface area (Å²) < 4.78 is 5.82. The van der Waals surface area contributed by atoms with Crippen molar-refractivity contribution in [3.05, 3.63) is 28.3 Å². The monoisotopic (exact) mass is 319 g/mol. The van der Waals surface area contributed by atoms with Crippen LogP contribution in [0.15, 0.2) is 6.07 Å². The zero-order valence-electron chi connectivity index (χ0n) is 14.7. The molecular formula is C19H29NO3. The minimum atomic E-state index is -0.560. The summed E-state index contributed by atoms with van der Waals surface area (Å²) in [7, 11) is 0. The van der Waals surface area contributed by atoms with Crippen LogP contribution < -0.4 is 10.1 Å². The summed E-state index contributed by atoms with van der Waals surface area (Å²) in [6, 6.07) is 2.39. The fourth-order valence-corrected chi connectivity index (χ4v) is 3.07. The number of fused-ring (bicyclic) bond motifs is 1. The van der Waals surface area contributed by atoms with Crippen LogP contribution in [0.1, 0.15) is 60.2 Å². The molecule has 4 nitrogen and oxygen atoms in total. The highest BCUT2D eigenvalue weighted by Gasteiger charge is 2.23. The first-order valence-corrected chi connectivity index (χ1v) is 8.64. The fourth-order valence-electron chi connectivity index (χ4n) is 3.07. The Kier molecular flexibility index (Phi) is 6.19. The fraction of sp³-hybridized carbons (Fsp3) is 0.632. The van der Waals surface area contributed by atoms with E-state index in [-0.39, 0.29) is 12.4 Å². The first-order chi connectivity index (χ1) is 10.9. The number of carbonyl (C=O) groups is 1. The molecule has 1 aliphatic carbocycles. The zero-order chi connectivity index (χ0) is 17.0. The van der Waals surface area contributed by atoms with E-state index in [1.807, 2.05) is 19.9 Å². The zero-order valence-corrected chi connectivity index (χ0v) is 14.7. The Morgan fingerprint density at radius 2 is 2.09 bits per heavy atom. The van der Waals surface area contributed by atoms with Crippen LogP contribution in [0.2, 0.25) is 0 Å². The SMILES string of the molecule is CC[C@H](C)NC[C@@H](O)COc1cc(C)c2c(c1C)C(=O)CCC2. The van der Waals surface area contributed by atoms with Crippen molar-refractivity contribution >= 4 is 5.78 Å². The van der Waals surface area contributed by atoms with Crippen LogP contribution in [-0.2, 0) is 6.42 Å². The van der Waals surface area contributed by atoms with E-state index < -0.39 is 6.10 Å².